The topological polar surface area (TPSA) is 36.5 Å². The van der Waals surface area contributed by atoms with Crippen molar-refractivity contribution in [1.29, 1.82) is 0 Å². The van der Waals surface area contributed by atoms with Crippen LogP contribution >= 0.6 is 12.2 Å². The molecule has 4 nitrogen and oxygen atoms in total. The van der Waals surface area contributed by atoms with Crippen LogP contribution in [0.25, 0.3) is 0 Å². The molecule has 2 aliphatic rings. The van der Waals surface area contributed by atoms with Gasteiger partial charge in [0.15, 0.2) is 5.11 Å². The van der Waals surface area contributed by atoms with Crippen molar-refractivity contribution in [3.05, 3.63) is 24.3 Å². The number of nitrogens with zero attached hydrogens (tertiary/aromatic N) is 1. The lowest BCUT2D eigenvalue weighted by Gasteiger charge is -2.42. The zero-order valence-electron chi connectivity index (χ0n) is 14.5. The van der Waals surface area contributed by atoms with E-state index in [1.807, 2.05) is 29.3 Å². The van der Waals surface area contributed by atoms with E-state index in [1.54, 1.807) is 7.11 Å². The molecule has 126 valence electrons. The minimum atomic E-state index is -0.0846. The number of thiocarbonyl (C=S) groups is 1. The van der Waals surface area contributed by atoms with E-state index in [9.17, 15) is 0 Å². The zero-order chi connectivity index (χ0) is 16.7. The third-order valence-electron chi connectivity index (χ3n) is 5.27. The molecular weight excluding hydrogens is 306 g/mol. The van der Waals surface area contributed by atoms with Crippen LogP contribution in [0.2, 0.25) is 0 Å². The zero-order valence-corrected chi connectivity index (χ0v) is 15.3. The fourth-order valence-electron chi connectivity index (χ4n) is 3.68. The van der Waals surface area contributed by atoms with Crippen LogP contribution in [-0.2, 0) is 0 Å². The molecule has 3 rings (SSSR count). The maximum absolute atomic E-state index is 5.56. The Hall–Kier alpha value is -1.33. The molecular formula is C18H27N3OS. The van der Waals surface area contributed by atoms with Crippen molar-refractivity contribution in [2.45, 2.75) is 52.1 Å². The molecule has 0 atom stereocenters. The molecule has 1 saturated heterocycles. The van der Waals surface area contributed by atoms with Gasteiger partial charge in [-0.2, -0.15) is 0 Å². The average molecular weight is 334 g/mol. The lowest BCUT2D eigenvalue weighted by molar-refractivity contribution is 0.115. The fourth-order valence-corrected chi connectivity index (χ4v) is 4.03. The van der Waals surface area contributed by atoms with Crippen LogP contribution in [0, 0.1) is 11.3 Å². The first-order valence-corrected chi connectivity index (χ1v) is 8.78. The number of hydrogen-bond acceptors (Lipinski definition) is 3. The largest absolute Gasteiger partial charge is 0.497 e. The van der Waals surface area contributed by atoms with Crippen LogP contribution in [0.3, 0.4) is 0 Å². The summed E-state index contributed by atoms with van der Waals surface area (Å²) in [6.45, 7) is 7.04. The van der Waals surface area contributed by atoms with Crippen LogP contribution in [0.5, 0.6) is 5.75 Å². The van der Waals surface area contributed by atoms with E-state index in [0.717, 1.165) is 35.3 Å². The highest BCUT2D eigenvalue weighted by Crippen LogP contribution is 2.42. The fraction of sp³-hybridized carbons (Fsp3) is 0.611. The van der Waals surface area contributed by atoms with Crippen LogP contribution in [-0.4, -0.2) is 17.9 Å². The minimum absolute atomic E-state index is 0.0846. The van der Waals surface area contributed by atoms with Crippen molar-refractivity contribution in [1.82, 2.24) is 10.7 Å². The monoisotopic (exact) mass is 333 g/mol. The first-order valence-electron chi connectivity index (χ1n) is 8.37. The quantitative estimate of drug-likeness (QED) is 0.805. The van der Waals surface area contributed by atoms with E-state index in [0.29, 0.717) is 5.41 Å². The molecule has 1 aromatic carbocycles. The minimum Gasteiger partial charge on any atom is -0.497 e. The molecule has 0 aromatic heterocycles. The van der Waals surface area contributed by atoms with Gasteiger partial charge < -0.3 is 10.1 Å². The number of methoxy groups -OCH3 is 1. The number of benzene rings is 1. The molecule has 1 aromatic rings. The molecule has 1 spiro atoms. The van der Waals surface area contributed by atoms with Crippen LogP contribution in [0.1, 0.15) is 46.5 Å². The van der Waals surface area contributed by atoms with E-state index in [1.165, 1.54) is 12.8 Å². The van der Waals surface area contributed by atoms with Crippen LogP contribution in [0.4, 0.5) is 5.69 Å². The summed E-state index contributed by atoms with van der Waals surface area (Å²) < 4.78 is 5.22. The van der Waals surface area contributed by atoms with Gasteiger partial charge >= 0.3 is 0 Å². The molecule has 0 unspecified atom stereocenters. The number of nitrogens with one attached hydrogen (secondary N) is 2. The summed E-state index contributed by atoms with van der Waals surface area (Å²) in [5.74, 6) is 1.63. The molecule has 0 radical (unpaired) electrons. The van der Waals surface area contributed by atoms with Crippen LogP contribution in [0.15, 0.2) is 24.3 Å². The van der Waals surface area contributed by atoms with Gasteiger partial charge in [0, 0.05) is 0 Å². The summed E-state index contributed by atoms with van der Waals surface area (Å²) in [5.41, 5.74) is 4.96. The van der Waals surface area contributed by atoms with Gasteiger partial charge in [0.2, 0.25) is 0 Å². The second-order valence-corrected chi connectivity index (χ2v) is 8.18. The van der Waals surface area contributed by atoms with Crippen molar-refractivity contribution in [3.63, 3.8) is 0 Å². The third-order valence-corrected chi connectivity index (χ3v) is 5.55. The highest BCUT2D eigenvalue weighted by molar-refractivity contribution is 7.80. The number of anilines is 1. The number of rotatable bonds is 2. The van der Waals surface area contributed by atoms with Gasteiger partial charge in [-0.15, -0.1) is 0 Å². The van der Waals surface area contributed by atoms with Gasteiger partial charge in [-0.05, 0) is 73.5 Å². The van der Waals surface area contributed by atoms with E-state index in [2.05, 4.69) is 31.5 Å². The summed E-state index contributed by atoms with van der Waals surface area (Å²) in [7, 11) is 1.68. The molecule has 5 heteroatoms. The normalized spacial score (nSPS) is 28.1. The lowest BCUT2D eigenvalue weighted by Crippen LogP contribution is -2.54. The van der Waals surface area contributed by atoms with E-state index in [-0.39, 0.29) is 5.66 Å². The summed E-state index contributed by atoms with van der Waals surface area (Å²) in [5, 5.41) is 6.28. The Morgan fingerprint density at radius 1 is 1.17 bits per heavy atom. The Labute approximate surface area is 144 Å². The standard InChI is InChI=1S/C18H27N3OS/c1-17(2,3)13-9-11-18(12-10-13)19-16(23)21(20-18)14-5-7-15(22-4)8-6-14/h5-8,13,20H,9-12H2,1-4H3,(H,19,23). The average Bonchev–Trinajstić information content (AvgIpc) is 2.83. The third kappa shape index (κ3) is 3.31. The van der Waals surface area contributed by atoms with Crippen molar-refractivity contribution in [2.75, 3.05) is 12.1 Å². The molecule has 2 fully saturated rings. The van der Waals surface area contributed by atoms with Crippen molar-refractivity contribution < 1.29 is 4.74 Å². The number of hydrogen-bond donors (Lipinski definition) is 2. The Kier molecular flexibility index (Phi) is 4.27. The number of ether oxygens (including phenoxy) is 1. The summed E-state index contributed by atoms with van der Waals surface area (Å²) in [6, 6.07) is 7.97. The van der Waals surface area contributed by atoms with Gasteiger partial charge in [-0.3, -0.25) is 5.01 Å². The summed E-state index contributed by atoms with van der Waals surface area (Å²) >= 11 is 5.56. The molecule has 1 aliphatic heterocycles. The predicted molar refractivity (Wildman–Crippen MR) is 98.5 cm³/mol. The Bertz CT molecular complexity index is 571. The molecule has 1 saturated carbocycles. The Morgan fingerprint density at radius 3 is 2.30 bits per heavy atom. The summed E-state index contributed by atoms with van der Waals surface area (Å²) in [4.78, 5) is 0. The smallest absolute Gasteiger partial charge is 0.189 e. The Balaban J connectivity index is 1.70. The van der Waals surface area contributed by atoms with Gasteiger partial charge in [0.25, 0.3) is 0 Å². The lowest BCUT2D eigenvalue weighted by atomic mass is 9.70. The van der Waals surface area contributed by atoms with Gasteiger partial charge in [-0.25, -0.2) is 5.43 Å². The van der Waals surface area contributed by atoms with Gasteiger partial charge in [-0.1, -0.05) is 20.8 Å². The first kappa shape index (κ1) is 16.5. The van der Waals surface area contributed by atoms with E-state index >= 15 is 0 Å². The highest BCUT2D eigenvalue weighted by Gasteiger charge is 2.44. The maximum atomic E-state index is 5.56. The van der Waals surface area contributed by atoms with Gasteiger partial charge in [0.1, 0.15) is 11.4 Å². The molecule has 2 N–H and O–H groups in total. The maximum Gasteiger partial charge on any atom is 0.189 e. The van der Waals surface area contributed by atoms with Crippen molar-refractivity contribution >= 4 is 23.0 Å². The molecule has 23 heavy (non-hydrogen) atoms. The predicted octanol–water partition coefficient (Wildman–Crippen LogP) is 3.83. The molecule has 1 aliphatic carbocycles. The molecule has 0 amide bonds. The number of hydrazine groups is 1. The van der Waals surface area contributed by atoms with E-state index < -0.39 is 0 Å². The van der Waals surface area contributed by atoms with E-state index in [4.69, 9.17) is 17.0 Å². The van der Waals surface area contributed by atoms with Crippen LogP contribution < -0.4 is 20.5 Å². The Morgan fingerprint density at radius 2 is 1.78 bits per heavy atom. The second kappa shape index (κ2) is 5.95. The SMILES string of the molecule is COc1ccc(N2NC3(CCC(C(C)(C)C)CC3)NC2=S)cc1. The molecule has 1 heterocycles. The van der Waals surface area contributed by atoms with Gasteiger partial charge in [0.05, 0.1) is 12.8 Å². The summed E-state index contributed by atoms with van der Waals surface area (Å²) in [6.07, 6.45) is 4.65. The van der Waals surface area contributed by atoms with Crippen molar-refractivity contribution in [3.8, 4) is 5.75 Å². The second-order valence-electron chi connectivity index (χ2n) is 7.80. The first-order chi connectivity index (χ1) is 10.8. The highest BCUT2D eigenvalue weighted by atomic mass is 32.1. The molecule has 0 bridgehead atoms. The van der Waals surface area contributed by atoms with Crippen molar-refractivity contribution in [2.24, 2.45) is 11.3 Å².